The van der Waals surface area contributed by atoms with Crippen LogP contribution in [0.3, 0.4) is 0 Å². The van der Waals surface area contributed by atoms with Crippen LogP contribution in [0.4, 0.5) is 5.69 Å². The zero-order valence-corrected chi connectivity index (χ0v) is 12.5. The van der Waals surface area contributed by atoms with Crippen LogP contribution in [0, 0.1) is 0 Å². The molecule has 0 fully saturated rings. The van der Waals surface area contributed by atoms with E-state index in [-0.39, 0.29) is 4.99 Å². The summed E-state index contributed by atoms with van der Waals surface area (Å²) in [5, 5.41) is -0.0156. The summed E-state index contributed by atoms with van der Waals surface area (Å²) < 4.78 is 26.9. The fourth-order valence-corrected chi connectivity index (χ4v) is 3.84. The van der Waals surface area contributed by atoms with Crippen LogP contribution in [0.15, 0.2) is 36.5 Å². The highest BCUT2D eigenvalue weighted by Crippen LogP contribution is 2.19. The summed E-state index contributed by atoms with van der Waals surface area (Å²) in [6, 6.07) is 8.82. The van der Waals surface area contributed by atoms with E-state index in [0.29, 0.717) is 12.1 Å². The average Bonchev–Trinajstić information content (AvgIpc) is 2.38. The Bertz CT molecular complexity index is 744. The van der Waals surface area contributed by atoms with E-state index in [1.54, 1.807) is 37.4 Å². The second-order valence-corrected chi connectivity index (χ2v) is 6.69. The van der Waals surface area contributed by atoms with Gasteiger partial charge in [-0.25, -0.2) is 8.42 Å². The number of fused-ring (bicyclic) bond motifs is 1. The number of rotatable bonds is 5. The first kappa shape index (κ1) is 14.7. The number of nitrogens with one attached hydrogen (secondary N) is 1. The van der Waals surface area contributed by atoms with E-state index in [4.69, 9.17) is 18.0 Å². The van der Waals surface area contributed by atoms with E-state index in [9.17, 15) is 8.42 Å². The van der Waals surface area contributed by atoms with Crippen LogP contribution in [0.5, 0.6) is 0 Å². The van der Waals surface area contributed by atoms with Crippen LogP contribution in [0.2, 0.25) is 0 Å². The molecule has 0 spiro atoms. The molecule has 1 heterocycles. The summed E-state index contributed by atoms with van der Waals surface area (Å²) in [4.78, 5) is 4.15. The maximum absolute atomic E-state index is 12.2. The van der Waals surface area contributed by atoms with Gasteiger partial charge in [0.2, 0.25) is 10.0 Å². The van der Waals surface area contributed by atoms with Gasteiger partial charge in [0.05, 0.1) is 10.5 Å². The SMILES string of the molecule is CCC(C(N)=S)S(=O)(=O)Nc1ccc2ncccc2c1. The summed E-state index contributed by atoms with van der Waals surface area (Å²) in [6.45, 7) is 1.73. The minimum absolute atomic E-state index is 0.0255. The van der Waals surface area contributed by atoms with Crippen LogP contribution < -0.4 is 10.5 Å². The van der Waals surface area contributed by atoms with Crippen molar-refractivity contribution in [2.75, 3.05) is 4.72 Å². The molecule has 0 bridgehead atoms. The van der Waals surface area contributed by atoms with Crippen molar-refractivity contribution in [3.63, 3.8) is 0 Å². The fraction of sp³-hybridized carbons (Fsp3) is 0.231. The minimum atomic E-state index is -3.63. The third-order valence-electron chi connectivity index (χ3n) is 2.93. The van der Waals surface area contributed by atoms with Gasteiger partial charge in [0.15, 0.2) is 0 Å². The van der Waals surface area contributed by atoms with Crippen molar-refractivity contribution >= 4 is 43.8 Å². The van der Waals surface area contributed by atoms with Crippen molar-refractivity contribution in [1.29, 1.82) is 0 Å². The van der Waals surface area contributed by atoms with E-state index in [1.165, 1.54) is 0 Å². The van der Waals surface area contributed by atoms with E-state index in [1.807, 2.05) is 6.07 Å². The third kappa shape index (κ3) is 3.05. The van der Waals surface area contributed by atoms with E-state index in [0.717, 1.165) is 10.9 Å². The molecule has 1 unspecified atom stereocenters. The van der Waals surface area contributed by atoms with Gasteiger partial charge in [-0.05, 0) is 30.7 Å². The first-order valence-electron chi connectivity index (χ1n) is 6.10. The van der Waals surface area contributed by atoms with Gasteiger partial charge < -0.3 is 5.73 Å². The second-order valence-electron chi connectivity index (χ2n) is 4.36. The number of benzene rings is 1. The molecular weight excluding hydrogens is 294 g/mol. The number of sulfonamides is 1. The van der Waals surface area contributed by atoms with E-state index in [2.05, 4.69) is 9.71 Å². The maximum Gasteiger partial charge on any atom is 0.242 e. The van der Waals surface area contributed by atoms with Gasteiger partial charge >= 0.3 is 0 Å². The number of nitrogens with two attached hydrogens (primary N) is 1. The zero-order valence-electron chi connectivity index (χ0n) is 10.9. The number of pyridine rings is 1. The monoisotopic (exact) mass is 309 g/mol. The Kier molecular flexibility index (Phi) is 4.20. The molecule has 1 aromatic carbocycles. The first-order valence-corrected chi connectivity index (χ1v) is 8.05. The molecule has 20 heavy (non-hydrogen) atoms. The summed E-state index contributed by atoms with van der Waals surface area (Å²) in [5.41, 5.74) is 6.75. The molecule has 106 valence electrons. The van der Waals surface area contributed by atoms with E-state index >= 15 is 0 Å². The summed E-state index contributed by atoms with van der Waals surface area (Å²) in [5.74, 6) is 0. The number of nitrogens with zero attached hydrogens (tertiary/aromatic N) is 1. The summed E-state index contributed by atoms with van der Waals surface area (Å²) in [7, 11) is -3.63. The molecule has 7 heteroatoms. The van der Waals surface area contributed by atoms with Crippen molar-refractivity contribution < 1.29 is 8.42 Å². The Morgan fingerprint density at radius 2 is 2.20 bits per heavy atom. The normalized spacial score (nSPS) is 13.1. The molecule has 2 aromatic rings. The van der Waals surface area contributed by atoms with Crippen molar-refractivity contribution in [2.45, 2.75) is 18.6 Å². The van der Waals surface area contributed by atoms with Crippen LogP contribution in [0.25, 0.3) is 10.9 Å². The highest BCUT2D eigenvalue weighted by Gasteiger charge is 2.26. The summed E-state index contributed by atoms with van der Waals surface area (Å²) >= 11 is 4.81. The number of thiocarbonyl (C=S) groups is 1. The molecule has 5 nitrogen and oxygen atoms in total. The van der Waals surface area contributed by atoms with Crippen LogP contribution >= 0.6 is 12.2 Å². The zero-order chi connectivity index (χ0) is 14.8. The molecule has 2 rings (SSSR count). The summed E-state index contributed by atoms with van der Waals surface area (Å²) in [6.07, 6.45) is 2.02. The molecule has 0 amide bonds. The van der Waals surface area contributed by atoms with Gasteiger partial charge in [0, 0.05) is 17.3 Å². The van der Waals surface area contributed by atoms with Gasteiger partial charge in [-0.2, -0.15) is 0 Å². The maximum atomic E-state index is 12.2. The van der Waals surface area contributed by atoms with Crippen molar-refractivity contribution in [1.82, 2.24) is 4.98 Å². The van der Waals surface area contributed by atoms with Crippen molar-refractivity contribution in [3.8, 4) is 0 Å². The average molecular weight is 309 g/mol. The minimum Gasteiger partial charge on any atom is -0.392 e. The van der Waals surface area contributed by atoms with Gasteiger partial charge in [0.1, 0.15) is 5.25 Å². The Morgan fingerprint density at radius 1 is 1.45 bits per heavy atom. The predicted octanol–water partition coefficient (Wildman–Crippen LogP) is 2.04. The largest absolute Gasteiger partial charge is 0.392 e. The highest BCUT2D eigenvalue weighted by molar-refractivity contribution is 7.95. The van der Waals surface area contributed by atoms with Crippen molar-refractivity contribution in [3.05, 3.63) is 36.5 Å². The smallest absolute Gasteiger partial charge is 0.242 e. The van der Waals surface area contributed by atoms with Gasteiger partial charge in [0.25, 0.3) is 0 Å². The third-order valence-corrected chi connectivity index (χ3v) is 5.22. The van der Waals surface area contributed by atoms with Crippen LogP contribution in [-0.4, -0.2) is 23.6 Å². The molecule has 1 atom stereocenters. The Labute approximate surface area is 123 Å². The molecule has 0 saturated carbocycles. The van der Waals surface area contributed by atoms with Crippen molar-refractivity contribution in [2.24, 2.45) is 5.73 Å². The number of hydrogen-bond donors (Lipinski definition) is 2. The van der Waals surface area contributed by atoms with Crippen LogP contribution in [0.1, 0.15) is 13.3 Å². The Hall–Kier alpha value is -1.73. The standard InChI is InChI=1S/C13H15N3O2S2/c1-2-12(13(14)19)20(17,18)16-10-5-6-11-9(8-10)4-3-7-15-11/h3-8,12,16H,2H2,1H3,(H2,14,19). The topological polar surface area (TPSA) is 85.1 Å². The first-order chi connectivity index (χ1) is 9.44. The Morgan fingerprint density at radius 3 is 2.85 bits per heavy atom. The molecule has 1 aromatic heterocycles. The fourth-order valence-electron chi connectivity index (χ4n) is 1.95. The highest BCUT2D eigenvalue weighted by atomic mass is 32.2. The van der Waals surface area contributed by atoms with Crippen LogP contribution in [-0.2, 0) is 10.0 Å². The molecule has 0 aliphatic heterocycles. The van der Waals surface area contributed by atoms with Gasteiger partial charge in [-0.1, -0.05) is 25.2 Å². The second kappa shape index (κ2) is 5.72. The lowest BCUT2D eigenvalue weighted by Crippen LogP contribution is -2.37. The molecule has 0 aliphatic carbocycles. The quantitative estimate of drug-likeness (QED) is 0.826. The Balaban J connectivity index is 2.33. The predicted molar refractivity (Wildman–Crippen MR) is 85.1 cm³/mol. The lowest BCUT2D eigenvalue weighted by atomic mass is 10.2. The lowest BCUT2D eigenvalue weighted by molar-refractivity contribution is 0.594. The number of anilines is 1. The molecule has 0 radical (unpaired) electrons. The molecule has 0 saturated heterocycles. The molecule has 3 N–H and O–H groups in total. The van der Waals surface area contributed by atoms with Gasteiger partial charge in [-0.15, -0.1) is 0 Å². The molecule has 0 aliphatic rings. The van der Waals surface area contributed by atoms with Gasteiger partial charge in [-0.3, -0.25) is 9.71 Å². The number of hydrogen-bond acceptors (Lipinski definition) is 4. The van der Waals surface area contributed by atoms with E-state index < -0.39 is 15.3 Å². The number of aromatic nitrogens is 1. The molecular formula is C13H15N3O2S2. The lowest BCUT2D eigenvalue weighted by Gasteiger charge is -2.16.